The molecule has 2 aromatic carbocycles. The molecule has 5 nitrogen and oxygen atoms in total. The number of anilines is 3. The molecule has 5 heteroatoms. The Kier molecular flexibility index (Phi) is 5.95. The zero-order chi connectivity index (χ0) is 17.5. The van der Waals surface area contributed by atoms with Crippen LogP contribution >= 0.6 is 0 Å². The second-order valence-electron chi connectivity index (χ2n) is 6.17. The van der Waals surface area contributed by atoms with Crippen LogP contribution in [0.3, 0.4) is 0 Å². The van der Waals surface area contributed by atoms with Gasteiger partial charge in [0.2, 0.25) is 5.91 Å². The van der Waals surface area contributed by atoms with Gasteiger partial charge in [-0.25, -0.2) is 4.79 Å². The van der Waals surface area contributed by atoms with E-state index < -0.39 is 0 Å². The van der Waals surface area contributed by atoms with Crippen LogP contribution in [0.4, 0.5) is 21.9 Å². The molecule has 0 unspecified atom stereocenters. The van der Waals surface area contributed by atoms with E-state index in [0.29, 0.717) is 23.7 Å². The van der Waals surface area contributed by atoms with Crippen LogP contribution in [0.15, 0.2) is 48.5 Å². The van der Waals surface area contributed by atoms with E-state index in [1.54, 1.807) is 24.3 Å². The molecule has 0 saturated heterocycles. The lowest BCUT2D eigenvalue weighted by Crippen LogP contribution is -2.19. The zero-order valence-electron chi connectivity index (χ0n) is 14.2. The van der Waals surface area contributed by atoms with Crippen molar-refractivity contribution in [2.45, 2.75) is 27.2 Å². The number of carbonyl (C=O) groups is 2. The maximum absolute atomic E-state index is 12.0. The van der Waals surface area contributed by atoms with Gasteiger partial charge < -0.3 is 16.0 Å². The highest BCUT2D eigenvalue weighted by atomic mass is 16.2. The molecule has 0 fully saturated rings. The normalized spacial score (nSPS) is 10.3. The molecule has 0 bridgehead atoms. The third kappa shape index (κ3) is 5.76. The van der Waals surface area contributed by atoms with E-state index in [1.807, 2.05) is 45.0 Å². The van der Waals surface area contributed by atoms with Crippen molar-refractivity contribution in [1.29, 1.82) is 0 Å². The van der Waals surface area contributed by atoms with E-state index >= 15 is 0 Å². The van der Waals surface area contributed by atoms with Gasteiger partial charge in [0.15, 0.2) is 0 Å². The molecule has 0 atom stereocenters. The van der Waals surface area contributed by atoms with E-state index in [0.717, 1.165) is 11.3 Å². The van der Waals surface area contributed by atoms with Crippen LogP contribution in [0.5, 0.6) is 0 Å². The summed E-state index contributed by atoms with van der Waals surface area (Å²) in [5.74, 6) is 0.305. The summed E-state index contributed by atoms with van der Waals surface area (Å²) >= 11 is 0. The fourth-order valence-electron chi connectivity index (χ4n) is 2.24. The first-order valence-electron chi connectivity index (χ1n) is 7.97. The highest BCUT2D eigenvalue weighted by Gasteiger charge is 2.06. The molecule has 3 N–H and O–H groups in total. The second kappa shape index (κ2) is 8.15. The molecule has 0 aliphatic rings. The maximum atomic E-state index is 12.0. The van der Waals surface area contributed by atoms with Crippen LogP contribution in [0, 0.1) is 12.8 Å². The Morgan fingerprint density at radius 1 is 0.875 bits per heavy atom. The molecule has 0 aromatic heterocycles. The summed E-state index contributed by atoms with van der Waals surface area (Å²) in [4.78, 5) is 23.7. The highest BCUT2D eigenvalue weighted by Crippen LogP contribution is 2.15. The quantitative estimate of drug-likeness (QED) is 0.750. The molecule has 0 aliphatic carbocycles. The first-order chi connectivity index (χ1) is 11.4. The van der Waals surface area contributed by atoms with Crippen LogP contribution in [-0.4, -0.2) is 11.9 Å². The van der Waals surface area contributed by atoms with Gasteiger partial charge in [-0.2, -0.15) is 0 Å². The van der Waals surface area contributed by atoms with Crippen LogP contribution in [-0.2, 0) is 4.79 Å². The maximum Gasteiger partial charge on any atom is 0.323 e. The van der Waals surface area contributed by atoms with Gasteiger partial charge in [0.1, 0.15) is 0 Å². The van der Waals surface area contributed by atoms with Gasteiger partial charge in [0, 0.05) is 23.5 Å². The van der Waals surface area contributed by atoms with E-state index in [2.05, 4.69) is 16.0 Å². The van der Waals surface area contributed by atoms with Gasteiger partial charge >= 0.3 is 6.03 Å². The lowest BCUT2D eigenvalue weighted by Gasteiger charge is -2.10. The summed E-state index contributed by atoms with van der Waals surface area (Å²) in [5.41, 5.74) is 3.19. The van der Waals surface area contributed by atoms with Gasteiger partial charge in [0.25, 0.3) is 0 Å². The monoisotopic (exact) mass is 325 g/mol. The molecule has 0 radical (unpaired) electrons. The van der Waals surface area contributed by atoms with Crippen molar-refractivity contribution in [1.82, 2.24) is 0 Å². The molecular formula is C19H23N3O2. The highest BCUT2D eigenvalue weighted by molar-refractivity contribution is 6.00. The number of carbonyl (C=O) groups excluding carboxylic acids is 2. The zero-order valence-corrected chi connectivity index (χ0v) is 14.2. The molecule has 126 valence electrons. The summed E-state index contributed by atoms with van der Waals surface area (Å²) in [5, 5.41) is 8.37. The van der Waals surface area contributed by atoms with Gasteiger partial charge in [-0.15, -0.1) is 0 Å². The van der Waals surface area contributed by atoms with E-state index in [9.17, 15) is 9.59 Å². The van der Waals surface area contributed by atoms with Gasteiger partial charge in [0.05, 0.1) is 0 Å². The molecule has 3 amide bonds. The van der Waals surface area contributed by atoms with Crippen LogP contribution < -0.4 is 16.0 Å². The molecule has 0 heterocycles. The lowest BCUT2D eigenvalue weighted by atomic mass is 10.1. The summed E-state index contributed by atoms with van der Waals surface area (Å²) in [6, 6.07) is 14.3. The summed E-state index contributed by atoms with van der Waals surface area (Å²) in [6.07, 6.45) is 0.485. The topological polar surface area (TPSA) is 70.2 Å². The Bertz CT molecular complexity index is 709. The average Bonchev–Trinajstić information content (AvgIpc) is 2.48. The smallest absolute Gasteiger partial charge is 0.323 e. The number of hydrogen-bond acceptors (Lipinski definition) is 2. The van der Waals surface area contributed by atoms with Crippen molar-refractivity contribution in [3.8, 4) is 0 Å². The van der Waals surface area contributed by atoms with Crippen molar-refractivity contribution in [3.05, 3.63) is 54.1 Å². The minimum atomic E-state index is -0.308. The summed E-state index contributed by atoms with van der Waals surface area (Å²) < 4.78 is 0. The summed E-state index contributed by atoms with van der Waals surface area (Å²) in [7, 11) is 0. The summed E-state index contributed by atoms with van der Waals surface area (Å²) in [6.45, 7) is 5.97. The van der Waals surface area contributed by atoms with Crippen molar-refractivity contribution in [2.24, 2.45) is 5.92 Å². The third-order valence-electron chi connectivity index (χ3n) is 3.30. The Balaban J connectivity index is 1.89. The number of urea groups is 1. The van der Waals surface area contributed by atoms with E-state index in [-0.39, 0.29) is 11.9 Å². The molecule has 0 aliphatic heterocycles. The van der Waals surface area contributed by atoms with Crippen LogP contribution in [0.1, 0.15) is 25.8 Å². The molecule has 2 rings (SSSR count). The number of nitrogens with one attached hydrogen (secondary N) is 3. The second-order valence-corrected chi connectivity index (χ2v) is 6.17. The minimum Gasteiger partial charge on any atom is -0.326 e. The largest absolute Gasteiger partial charge is 0.326 e. The van der Waals surface area contributed by atoms with Gasteiger partial charge in [-0.1, -0.05) is 26.0 Å². The number of aryl methyl sites for hydroxylation is 1. The van der Waals surface area contributed by atoms with E-state index in [1.165, 1.54) is 0 Å². The lowest BCUT2D eigenvalue weighted by molar-refractivity contribution is -0.116. The Morgan fingerprint density at radius 3 is 2.04 bits per heavy atom. The molecule has 2 aromatic rings. The fraction of sp³-hybridized carbons (Fsp3) is 0.263. The van der Waals surface area contributed by atoms with Gasteiger partial charge in [-0.05, 0) is 54.8 Å². The first-order valence-corrected chi connectivity index (χ1v) is 7.97. The predicted molar refractivity (Wildman–Crippen MR) is 98.3 cm³/mol. The molecule has 0 spiro atoms. The molecule has 0 saturated carbocycles. The standard InChI is InChI=1S/C19H23N3O2/c1-13(2)11-18(23)20-15-7-9-16(10-8-15)21-19(24)22-17-6-4-5-14(3)12-17/h4-10,12-13H,11H2,1-3H3,(H,20,23)(H2,21,22,24). The predicted octanol–water partition coefficient (Wildman–Crippen LogP) is 4.62. The number of amides is 3. The van der Waals surface area contributed by atoms with Crippen LogP contribution in [0.2, 0.25) is 0 Å². The SMILES string of the molecule is Cc1cccc(NC(=O)Nc2ccc(NC(=O)CC(C)C)cc2)c1. The molecule has 24 heavy (non-hydrogen) atoms. The fourth-order valence-corrected chi connectivity index (χ4v) is 2.24. The Labute approximate surface area is 142 Å². The van der Waals surface area contributed by atoms with Crippen molar-refractivity contribution in [3.63, 3.8) is 0 Å². The number of rotatable bonds is 5. The van der Waals surface area contributed by atoms with E-state index in [4.69, 9.17) is 0 Å². The average molecular weight is 325 g/mol. The number of benzene rings is 2. The molecular weight excluding hydrogens is 302 g/mol. The minimum absolute atomic E-state index is 0.0112. The van der Waals surface area contributed by atoms with Crippen molar-refractivity contribution < 1.29 is 9.59 Å². The Morgan fingerprint density at radius 2 is 1.46 bits per heavy atom. The number of hydrogen-bond donors (Lipinski definition) is 3. The Hall–Kier alpha value is -2.82. The third-order valence-corrected chi connectivity index (χ3v) is 3.30. The first kappa shape index (κ1) is 17.5. The van der Waals surface area contributed by atoms with Crippen LogP contribution in [0.25, 0.3) is 0 Å². The van der Waals surface area contributed by atoms with Gasteiger partial charge in [-0.3, -0.25) is 4.79 Å². The van der Waals surface area contributed by atoms with Crippen molar-refractivity contribution >= 4 is 29.0 Å². The van der Waals surface area contributed by atoms with Crippen molar-refractivity contribution in [2.75, 3.05) is 16.0 Å².